The number of halogens is 1. The third-order valence-electron chi connectivity index (χ3n) is 7.13. The van der Waals surface area contributed by atoms with E-state index >= 15 is 0 Å². The monoisotopic (exact) mass is 531 g/mol. The van der Waals surface area contributed by atoms with Gasteiger partial charge < -0.3 is 18.8 Å². The molecule has 2 heterocycles. The fraction of sp³-hybridized carbons (Fsp3) is 0.276. The summed E-state index contributed by atoms with van der Waals surface area (Å²) in [5, 5.41) is 0.985. The van der Waals surface area contributed by atoms with Gasteiger partial charge in [0.25, 0.3) is 0 Å². The van der Waals surface area contributed by atoms with Gasteiger partial charge in [0.15, 0.2) is 12.1 Å². The van der Waals surface area contributed by atoms with Gasteiger partial charge in [0.1, 0.15) is 11.9 Å². The molecule has 2 aliphatic rings. The minimum absolute atomic E-state index is 0.0591. The lowest BCUT2D eigenvalue weighted by atomic mass is 9.71. The quantitative estimate of drug-likeness (QED) is 0.311. The summed E-state index contributed by atoms with van der Waals surface area (Å²) in [6, 6.07) is 21.8. The predicted molar refractivity (Wildman–Crippen MR) is 138 cm³/mol. The summed E-state index contributed by atoms with van der Waals surface area (Å²) >= 11 is 3.57. The van der Waals surface area contributed by atoms with Crippen LogP contribution in [0.1, 0.15) is 52.9 Å². The first kappa shape index (κ1) is 22.5. The molecule has 0 N–H and O–H groups in total. The van der Waals surface area contributed by atoms with Gasteiger partial charge in [-0.15, -0.1) is 0 Å². The molecule has 1 aromatic heterocycles. The Kier molecular flexibility index (Phi) is 5.36. The van der Waals surface area contributed by atoms with E-state index in [9.17, 15) is 4.79 Å². The summed E-state index contributed by atoms with van der Waals surface area (Å²) in [4.78, 5) is 13.7. The van der Waals surface area contributed by atoms with Crippen molar-refractivity contribution in [1.29, 1.82) is 0 Å². The molecule has 3 aromatic carbocycles. The number of aryl methyl sites for hydroxylation is 1. The van der Waals surface area contributed by atoms with Crippen molar-refractivity contribution in [2.75, 3.05) is 13.2 Å². The molecule has 1 fully saturated rings. The molecule has 35 heavy (non-hydrogen) atoms. The average Bonchev–Trinajstić information content (AvgIpc) is 3.16. The Morgan fingerprint density at radius 3 is 2.49 bits per heavy atom. The van der Waals surface area contributed by atoms with Crippen LogP contribution >= 0.6 is 15.9 Å². The maximum atomic E-state index is 13.7. The van der Waals surface area contributed by atoms with E-state index < -0.39 is 0 Å². The Labute approximate surface area is 212 Å². The number of hydrogen-bond donors (Lipinski definition) is 0. The van der Waals surface area contributed by atoms with Crippen molar-refractivity contribution in [3.05, 3.63) is 99.2 Å². The van der Waals surface area contributed by atoms with Crippen LogP contribution in [0.5, 0.6) is 5.75 Å². The molecule has 4 aromatic rings. The summed E-state index contributed by atoms with van der Waals surface area (Å²) < 4.78 is 21.2. The zero-order valence-corrected chi connectivity index (χ0v) is 21.5. The molecule has 0 unspecified atom stereocenters. The Morgan fingerprint density at radius 2 is 1.74 bits per heavy atom. The number of nitrogens with zero attached hydrogens (tertiary/aromatic N) is 1. The van der Waals surface area contributed by atoms with E-state index in [1.54, 1.807) is 0 Å². The SMILES string of the molecule is Cn1c2c(c3ccc(Br)cc31)C(=O)c1ccc(OC3COC(c4ccccc4)OC3)cc1C2(C)C. The van der Waals surface area contributed by atoms with E-state index in [0.29, 0.717) is 19.0 Å². The van der Waals surface area contributed by atoms with Gasteiger partial charge in [-0.3, -0.25) is 4.79 Å². The van der Waals surface area contributed by atoms with Crippen LogP contribution in [0.3, 0.4) is 0 Å². The molecule has 6 rings (SSSR count). The molecule has 0 amide bonds. The molecular formula is C29H26BrNO4. The fourth-order valence-electron chi connectivity index (χ4n) is 5.49. The average molecular weight is 532 g/mol. The highest BCUT2D eigenvalue weighted by Gasteiger charge is 2.41. The number of benzene rings is 3. The number of fused-ring (bicyclic) bond motifs is 4. The molecular weight excluding hydrogens is 506 g/mol. The number of ketones is 1. The molecule has 0 spiro atoms. The van der Waals surface area contributed by atoms with Gasteiger partial charge >= 0.3 is 0 Å². The first-order valence-electron chi connectivity index (χ1n) is 11.8. The lowest BCUT2D eigenvalue weighted by Crippen LogP contribution is -2.36. The minimum Gasteiger partial charge on any atom is -0.486 e. The van der Waals surface area contributed by atoms with Gasteiger partial charge in [0.05, 0.1) is 18.8 Å². The van der Waals surface area contributed by atoms with Gasteiger partial charge in [-0.05, 0) is 35.9 Å². The summed E-state index contributed by atoms with van der Waals surface area (Å²) in [5.41, 5.74) is 5.17. The van der Waals surface area contributed by atoms with Crippen LogP contribution in [0.25, 0.3) is 10.9 Å². The van der Waals surface area contributed by atoms with Gasteiger partial charge in [0.2, 0.25) is 0 Å². The third kappa shape index (κ3) is 3.63. The number of rotatable bonds is 3. The molecule has 1 aliphatic heterocycles. The molecule has 1 aliphatic carbocycles. The highest BCUT2D eigenvalue weighted by atomic mass is 79.9. The molecule has 0 radical (unpaired) electrons. The number of ether oxygens (including phenoxy) is 3. The highest BCUT2D eigenvalue weighted by Crippen LogP contribution is 2.46. The van der Waals surface area contributed by atoms with E-state index in [-0.39, 0.29) is 23.6 Å². The Balaban J connectivity index is 1.29. The second kappa shape index (κ2) is 8.33. The normalized spacial score (nSPS) is 21.0. The van der Waals surface area contributed by atoms with Crippen molar-refractivity contribution >= 4 is 32.6 Å². The second-order valence-corrected chi connectivity index (χ2v) is 10.7. The van der Waals surface area contributed by atoms with E-state index in [0.717, 1.165) is 43.3 Å². The maximum Gasteiger partial charge on any atom is 0.195 e. The van der Waals surface area contributed by atoms with E-state index in [2.05, 4.69) is 40.4 Å². The first-order valence-corrected chi connectivity index (χ1v) is 12.6. The Hall–Kier alpha value is -2.93. The lowest BCUT2D eigenvalue weighted by molar-refractivity contribution is -0.215. The highest BCUT2D eigenvalue weighted by molar-refractivity contribution is 9.10. The van der Waals surface area contributed by atoms with Crippen molar-refractivity contribution in [2.45, 2.75) is 31.7 Å². The van der Waals surface area contributed by atoms with Crippen LogP contribution in [-0.2, 0) is 21.9 Å². The van der Waals surface area contributed by atoms with Crippen molar-refractivity contribution in [3.63, 3.8) is 0 Å². The summed E-state index contributed by atoms with van der Waals surface area (Å²) in [7, 11) is 2.04. The largest absolute Gasteiger partial charge is 0.486 e. The molecule has 1 saturated heterocycles. The van der Waals surface area contributed by atoms with E-state index in [1.165, 1.54) is 0 Å². The molecule has 5 nitrogen and oxygen atoms in total. The third-order valence-corrected chi connectivity index (χ3v) is 7.63. The smallest absolute Gasteiger partial charge is 0.195 e. The topological polar surface area (TPSA) is 49.7 Å². The van der Waals surface area contributed by atoms with Crippen molar-refractivity contribution in [2.24, 2.45) is 7.05 Å². The second-order valence-electron chi connectivity index (χ2n) is 9.75. The van der Waals surface area contributed by atoms with Crippen molar-refractivity contribution in [3.8, 4) is 5.75 Å². The van der Waals surface area contributed by atoms with Crippen molar-refractivity contribution < 1.29 is 19.0 Å². The minimum atomic E-state index is -0.379. The van der Waals surface area contributed by atoms with Crippen LogP contribution in [-0.4, -0.2) is 29.7 Å². The van der Waals surface area contributed by atoms with Crippen LogP contribution in [0, 0.1) is 0 Å². The summed E-state index contributed by atoms with van der Waals surface area (Å²) in [5.74, 6) is 0.772. The molecule has 0 bridgehead atoms. The predicted octanol–water partition coefficient (Wildman–Crippen LogP) is 6.30. The van der Waals surface area contributed by atoms with Gasteiger partial charge in [-0.1, -0.05) is 66.2 Å². The van der Waals surface area contributed by atoms with Gasteiger partial charge in [-0.2, -0.15) is 0 Å². The standard InChI is InChI=1S/C29H26BrNO4/c1-29(2)23-14-19(35-20-15-33-28(34-16-20)17-7-5-4-6-8-17)10-12-21(23)26(32)25-22-11-9-18(30)13-24(22)31(3)27(25)29/h4-14,20,28H,15-16H2,1-3H3. The van der Waals surface area contributed by atoms with Crippen LogP contribution in [0.15, 0.2) is 71.2 Å². The first-order chi connectivity index (χ1) is 16.8. The molecule has 178 valence electrons. The van der Waals surface area contributed by atoms with Crippen LogP contribution in [0.4, 0.5) is 0 Å². The maximum absolute atomic E-state index is 13.7. The fourth-order valence-corrected chi connectivity index (χ4v) is 5.84. The molecule has 6 heteroatoms. The van der Waals surface area contributed by atoms with Crippen LogP contribution in [0.2, 0.25) is 0 Å². The summed E-state index contributed by atoms with van der Waals surface area (Å²) in [6.45, 7) is 5.21. The number of carbonyl (C=O) groups excluding carboxylic acids is 1. The van der Waals surface area contributed by atoms with Gasteiger partial charge in [0, 0.05) is 44.7 Å². The van der Waals surface area contributed by atoms with Crippen LogP contribution < -0.4 is 4.74 Å². The zero-order valence-electron chi connectivity index (χ0n) is 19.9. The number of carbonyl (C=O) groups is 1. The Morgan fingerprint density at radius 1 is 1.00 bits per heavy atom. The zero-order chi connectivity index (χ0) is 24.3. The summed E-state index contributed by atoms with van der Waals surface area (Å²) in [6.07, 6.45) is -0.595. The lowest BCUT2D eigenvalue weighted by Gasteiger charge is -2.34. The molecule has 0 saturated carbocycles. The van der Waals surface area contributed by atoms with Gasteiger partial charge in [-0.25, -0.2) is 0 Å². The molecule has 0 atom stereocenters. The van der Waals surface area contributed by atoms with E-state index in [4.69, 9.17) is 14.2 Å². The van der Waals surface area contributed by atoms with Crippen molar-refractivity contribution in [1.82, 2.24) is 4.57 Å². The Bertz CT molecular complexity index is 1450. The number of aromatic nitrogens is 1. The van der Waals surface area contributed by atoms with E-state index in [1.807, 2.05) is 67.7 Å². The number of hydrogen-bond acceptors (Lipinski definition) is 4.